The number of imidazole rings is 1. The third-order valence-corrected chi connectivity index (χ3v) is 6.08. The molecule has 4 aromatic rings. The van der Waals surface area contributed by atoms with E-state index < -0.39 is 0 Å². The van der Waals surface area contributed by atoms with E-state index in [-0.39, 0.29) is 5.91 Å². The number of carbonyl (C=O) groups is 1. The Labute approximate surface area is 206 Å². The predicted octanol–water partition coefficient (Wildman–Crippen LogP) is 5.44. The Bertz CT molecular complexity index is 1250. The molecule has 0 saturated carbocycles. The molecule has 1 N–H and O–H groups in total. The Hall–Kier alpha value is -3.80. The molecule has 35 heavy (non-hydrogen) atoms. The van der Waals surface area contributed by atoms with Gasteiger partial charge in [0, 0.05) is 25.1 Å². The van der Waals surface area contributed by atoms with Crippen LogP contribution in [0.2, 0.25) is 0 Å². The van der Waals surface area contributed by atoms with Gasteiger partial charge >= 0.3 is 0 Å². The average Bonchev–Trinajstić information content (AvgIpc) is 3.26. The van der Waals surface area contributed by atoms with E-state index in [0.29, 0.717) is 30.9 Å². The van der Waals surface area contributed by atoms with Gasteiger partial charge in [-0.3, -0.25) is 4.79 Å². The summed E-state index contributed by atoms with van der Waals surface area (Å²) in [6, 6.07) is 23.7. The molecule has 4 rings (SSSR count). The Morgan fingerprint density at radius 1 is 0.971 bits per heavy atom. The lowest BCUT2D eigenvalue weighted by molar-refractivity contribution is 0.0953. The number of aromatic nitrogens is 2. The normalized spacial score (nSPS) is 10.9. The summed E-state index contributed by atoms with van der Waals surface area (Å²) < 4.78 is 13.4. The van der Waals surface area contributed by atoms with E-state index in [1.54, 1.807) is 19.2 Å². The van der Waals surface area contributed by atoms with Crippen LogP contribution in [0.15, 0.2) is 72.8 Å². The smallest absolute Gasteiger partial charge is 0.251 e. The third kappa shape index (κ3) is 6.41. The molecule has 0 spiro atoms. The molecule has 1 heterocycles. The fourth-order valence-corrected chi connectivity index (χ4v) is 4.10. The van der Waals surface area contributed by atoms with Crippen LogP contribution < -0.4 is 14.8 Å². The van der Waals surface area contributed by atoms with E-state index in [2.05, 4.69) is 35.0 Å². The lowest BCUT2D eigenvalue weighted by Crippen LogP contribution is -2.26. The van der Waals surface area contributed by atoms with Crippen molar-refractivity contribution in [3.05, 3.63) is 89.7 Å². The highest BCUT2D eigenvalue weighted by Crippen LogP contribution is 2.18. The van der Waals surface area contributed by atoms with Crippen molar-refractivity contribution >= 4 is 16.9 Å². The van der Waals surface area contributed by atoms with Gasteiger partial charge in [0.1, 0.15) is 17.3 Å². The van der Waals surface area contributed by atoms with Crippen LogP contribution in [0.4, 0.5) is 0 Å². The van der Waals surface area contributed by atoms with Crippen molar-refractivity contribution in [1.82, 2.24) is 14.9 Å². The van der Waals surface area contributed by atoms with Crippen molar-refractivity contribution < 1.29 is 14.3 Å². The molecule has 0 aliphatic rings. The van der Waals surface area contributed by atoms with E-state index in [9.17, 15) is 4.79 Å². The largest absolute Gasteiger partial charge is 0.497 e. The Kier molecular flexibility index (Phi) is 8.39. The first-order valence-electron chi connectivity index (χ1n) is 12.3. The number of nitrogens with one attached hydrogen (secondary N) is 1. The van der Waals surface area contributed by atoms with Crippen molar-refractivity contribution in [3.8, 4) is 11.5 Å². The van der Waals surface area contributed by atoms with E-state index >= 15 is 0 Å². The minimum atomic E-state index is -0.115. The molecular formula is C29H33N3O3. The first kappa shape index (κ1) is 24.3. The van der Waals surface area contributed by atoms with E-state index in [0.717, 1.165) is 48.4 Å². The molecule has 0 fully saturated rings. The van der Waals surface area contributed by atoms with Crippen LogP contribution in [0.1, 0.15) is 41.5 Å². The SMILES string of the molecule is CCc1ccc(OCCCCn2c(CCNC(=O)c3cccc(OC)c3)nc3ccccc32)cc1. The molecule has 1 amide bonds. The standard InChI is InChI=1S/C29H33N3O3/c1-3-22-13-15-24(16-14-22)35-20-7-6-19-32-27-12-5-4-11-26(27)31-28(32)17-18-30-29(33)23-9-8-10-25(21-23)34-2/h4-5,8-16,21H,3,6-7,17-20H2,1-2H3,(H,30,33). The molecule has 0 bridgehead atoms. The lowest BCUT2D eigenvalue weighted by Gasteiger charge is -2.11. The maximum atomic E-state index is 12.5. The Balaban J connectivity index is 1.31. The summed E-state index contributed by atoms with van der Waals surface area (Å²) in [6.45, 7) is 4.20. The number of benzene rings is 3. The van der Waals surface area contributed by atoms with Crippen LogP contribution in [0.5, 0.6) is 11.5 Å². The van der Waals surface area contributed by atoms with Gasteiger partial charge in [0.2, 0.25) is 0 Å². The summed E-state index contributed by atoms with van der Waals surface area (Å²) in [5.74, 6) is 2.45. The minimum Gasteiger partial charge on any atom is -0.497 e. The first-order valence-corrected chi connectivity index (χ1v) is 12.3. The molecule has 0 saturated heterocycles. The molecule has 0 unspecified atom stereocenters. The predicted molar refractivity (Wildman–Crippen MR) is 139 cm³/mol. The maximum absolute atomic E-state index is 12.5. The summed E-state index contributed by atoms with van der Waals surface area (Å²) in [5, 5.41) is 3.01. The topological polar surface area (TPSA) is 65.4 Å². The number of fused-ring (bicyclic) bond motifs is 1. The molecule has 6 nitrogen and oxygen atoms in total. The van der Waals surface area contributed by atoms with E-state index in [1.165, 1.54) is 5.56 Å². The number of hydrogen-bond acceptors (Lipinski definition) is 4. The van der Waals surface area contributed by atoms with Crippen molar-refractivity contribution in [2.75, 3.05) is 20.3 Å². The summed E-state index contributed by atoms with van der Waals surface area (Å²) in [6.07, 6.45) is 3.63. The highest BCUT2D eigenvalue weighted by molar-refractivity contribution is 5.94. The number of hydrogen-bond donors (Lipinski definition) is 1. The third-order valence-electron chi connectivity index (χ3n) is 6.08. The van der Waals surface area contributed by atoms with Crippen LogP contribution >= 0.6 is 0 Å². The summed E-state index contributed by atoms with van der Waals surface area (Å²) in [7, 11) is 1.59. The van der Waals surface area contributed by atoms with Crippen LogP contribution in [0.25, 0.3) is 11.0 Å². The maximum Gasteiger partial charge on any atom is 0.251 e. The highest BCUT2D eigenvalue weighted by atomic mass is 16.5. The van der Waals surface area contributed by atoms with Gasteiger partial charge in [0.25, 0.3) is 5.91 Å². The first-order chi connectivity index (χ1) is 17.2. The van der Waals surface area contributed by atoms with Gasteiger partial charge in [0.05, 0.1) is 24.8 Å². The quantitative estimate of drug-likeness (QED) is 0.280. The summed E-state index contributed by atoms with van der Waals surface area (Å²) >= 11 is 0. The number of aryl methyl sites for hydroxylation is 2. The van der Waals surface area contributed by atoms with Crippen molar-refractivity contribution in [2.45, 2.75) is 39.2 Å². The zero-order chi connectivity index (χ0) is 24.5. The monoisotopic (exact) mass is 471 g/mol. The number of para-hydroxylation sites is 2. The fraction of sp³-hybridized carbons (Fsp3) is 0.310. The molecule has 0 atom stereocenters. The molecule has 0 aliphatic heterocycles. The second-order valence-electron chi connectivity index (χ2n) is 8.46. The number of nitrogens with zero attached hydrogens (tertiary/aromatic N) is 2. The van der Waals surface area contributed by atoms with Crippen LogP contribution in [-0.4, -0.2) is 35.7 Å². The van der Waals surface area contributed by atoms with Crippen LogP contribution in [-0.2, 0) is 19.4 Å². The Morgan fingerprint density at radius 2 is 1.80 bits per heavy atom. The number of ether oxygens (including phenoxy) is 2. The van der Waals surface area contributed by atoms with E-state index in [4.69, 9.17) is 14.5 Å². The van der Waals surface area contributed by atoms with Gasteiger partial charge in [-0.05, 0) is 67.3 Å². The van der Waals surface area contributed by atoms with Gasteiger partial charge in [-0.15, -0.1) is 0 Å². The zero-order valence-electron chi connectivity index (χ0n) is 20.5. The average molecular weight is 472 g/mol. The molecule has 182 valence electrons. The van der Waals surface area contributed by atoms with Crippen molar-refractivity contribution in [1.29, 1.82) is 0 Å². The lowest BCUT2D eigenvalue weighted by atomic mass is 10.2. The van der Waals surface area contributed by atoms with Crippen molar-refractivity contribution in [3.63, 3.8) is 0 Å². The van der Waals surface area contributed by atoms with Gasteiger partial charge in [-0.1, -0.05) is 37.3 Å². The second-order valence-corrected chi connectivity index (χ2v) is 8.46. The highest BCUT2D eigenvalue weighted by Gasteiger charge is 2.12. The van der Waals surface area contributed by atoms with Gasteiger partial charge in [0.15, 0.2) is 0 Å². The van der Waals surface area contributed by atoms with E-state index in [1.807, 2.05) is 42.5 Å². The van der Waals surface area contributed by atoms with Crippen molar-refractivity contribution in [2.24, 2.45) is 0 Å². The minimum absolute atomic E-state index is 0.115. The number of amides is 1. The second kappa shape index (κ2) is 12.1. The molecule has 1 aromatic heterocycles. The van der Waals surface area contributed by atoms with Crippen LogP contribution in [0, 0.1) is 0 Å². The summed E-state index contributed by atoms with van der Waals surface area (Å²) in [4.78, 5) is 17.4. The number of unbranched alkanes of at least 4 members (excludes halogenated alkanes) is 1. The number of methoxy groups -OCH3 is 1. The molecule has 3 aromatic carbocycles. The molecular weight excluding hydrogens is 438 g/mol. The molecule has 6 heteroatoms. The van der Waals surface area contributed by atoms with Gasteiger partial charge in [-0.25, -0.2) is 4.98 Å². The fourth-order valence-electron chi connectivity index (χ4n) is 4.10. The molecule has 0 radical (unpaired) electrons. The van der Waals surface area contributed by atoms with Crippen LogP contribution in [0.3, 0.4) is 0 Å². The summed E-state index contributed by atoms with van der Waals surface area (Å²) in [5.41, 5.74) is 4.00. The zero-order valence-corrected chi connectivity index (χ0v) is 20.5. The van der Waals surface area contributed by atoms with Gasteiger partial charge < -0.3 is 19.4 Å². The number of carbonyl (C=O) groups excluding carboxylic acids is 1. The number of rotatable bonds is 12. The Morgan fingerprint density at radius 3 is 2.60 bits per heavy atom. The molecule has 0 aliphatic carbocycles. The van der Waals surface area contributed by atoms with Gasteiger partial charge in [-0.2, -0.15) is 0 Å².